The van der Waals surface area contributed by atoms with Crippen LogP contribution in [-0.4, -0.2) is 54.3 Å². The van der Waals surface area contributed by atoms with E-state index in [1.807, 2.05) is 0 Å². The van der Waals surface area contributed by atoms with Gasteiger partial charge in [0.05, 0.1) is 19.0 Å². The van der Waals surface area contributed by atoms with E-state index in [0.717, 1.165) is 0 Å². The summed E-state index contributed by atoms with van der Waals surface area (Å²) in [6.07, 6.45) is -6.74. The molecule has 168 valence electrons. The Morgan fingerprint density at radius 3 is 2.77 bits per heavy atom. The molecule has 2 unspecified atom stereocenters. The van der Waals surface area contributed by atoms with E-state index in [-0.39, 0.29) is 18.2 Å². The molecule has 1 aromatic carbocycles. The lowest BCUT2D eigenvalue weighted by atomic mass is 10.3. The molecule has 3 rings (SSSR count). The molecule has 14 heteroatoms. The molecule has 4 N–H and O–H groups in total. The highest BCUT2D eigenvalue weighted by molar-refractivity contribution is 7.99. The molecule has 0 amide bonds. The number of alkyl halides is 3. The first-order chi connectivity index (χ1) is 14.4. The fourth-order valence-electron chi connectivity index (χ4n) is 2.70. The molecule has 3 aromatic rings. The number of nitrogens with two attached hydrogens (primary N) is 1. The first kappa shape index (κ1) is 23.3. The van der Waals surface area contributed by atoms with Crippen molar-refractivity contribution in [3.8, 4) is 5.75 Å². The minimum atomic E-state index is -4.75. The fourth-order valence-corrected chi connectivity index (χ4v) is 4.77. The summed E-state index contributed by atoms with van der Waals surface area (Å²) in [5.41, 5.74) is 6.61. The third-order valence-electron chi connectivity index (χ3n) is 3.92. The Morgan fingerprint density at radius 2 is 2.10 bits per heavy atom. The Bertz CT molecular complexity index is 1130. The maximum Gasteiger partial charge on any atom is 0.398 e. The SMILES string of the molecule is CC(Cn1cnc2c(Sc3cccc(O)c3)nc(N)nc21)OCP(=O)(O)CC(F)(F)F. The van der Waals surface area contributed by atoms with Crippen LogP contribution in [0.25, 0.3) is 11.2 Å². The van der Waals surface area contributed by atoms with Crippen LogP contribution in [-0.2, 0) is 15.8 Å². The maximum absolute atomic E-state index is 12.4. The molecule has 0 aliphatic heterocycles. The molecule has 0 radical (unpaired) electrons. The molecule has 2 heterocycles. The number of phenolic OH excluding ortho intramolecular Hbond substituents is 1. The molecule has 0 spiro atoms. The van der Waals surface area contributed by atoms with E-state index < -0.39 is 32.2 Å². The van der Waals surface area contributed by atoms with Crippen LogP contribution in [0.1, 0.15) is 6.92 Å². The smallest absolute Gasteiger partial charge is 0.398 e. The molecule has 0 saturated carbocycles. The summed E-state index contributed by atoms with van der Waals surface area (Å²) in [6, 6.07) is 6.53. The largest absolute Gasteiger partial charge is 0.508 e. The predicted octanol–water partition coefficient (Wildman–Crippen LogP) is 3.46. The van der Waals surface area contributed by atoms with Crippen LogP contribution in [0, 0.1) is 0 Å². The normalized spacial score (nSPS) is 15.1. The zero-order valence-electron chi connectivity index (χ0n) is 16.2. The quantitative estimate of drug-likeness (QED) is 0.329. The lowest BCUT2D eigenvalue weighted by Crippen LogP contribution is -2.20. The molecule has 0 bridgehead atoms. The second kappa shape index (κ2) is 9.03. The Balaban J connectivity index is 1.75. The second-order valence-electron chi connectivity index (χ2n) is 6.78. The van der Waals surface area contributed by atoms with E-state index in [1.54, 1.807) is 29.7 Å². The van der Waals surface area contributed by atoms with Gasteiger partial charge in [-0.05, 0) is 25.1 Å². The van der Waals surface area contributed by atoms with Gasteiger partial charge < -0.3 is 25.0 Å². The monoisotopic (exact) mass is 477 g/mol. The Kier molecular flexibility index (Phi) is 6.79. The number of hydrogen-bond donors (Lipinski definition) is 3. The van der Waals surface area contributed by atoms with Crippen LogP contribution in [0.3, 0.4) is 0 Å². The molecule has 2 aromatic heterocycles. The van der Waals surface area contributed by atoms with Gasteiger partial charge in [0, 0.05) is 4.90 Å². The van der Waals surface area contributed by atoms with Crippen LogP contribution in [0.2, 0.25) is 0 Å². The number of nitrogen functional groups attached to an aromatic ring is 1. The zero-order chi connectivity index (χ0) is 22.8. The molecule has 0 aliphatic rings. The van der Waals surface area contributed by atoms with Gasteiger partial charge in [0.1, 0.15) is 28.8 Å². The average Bonchev–Trinajstić information content (AvgIpc) is 3.01. The third kappa shape index (κ3) is 6.57. The molecule has 2 atom stereocenters. The van der Waals surface area contributed by atoms with Crippen molar-refractivity contribution in [3.05, 3.63) is 30.6 Å². The highest BCUT2D eigenvalue weighted by Crippen LogP contribution is 2.45. The number of halogens is 3. The summed E-state index contributed by atoms with van der Waals surface area (Å²) < 4.78 is 55.5. The standard InChI is InChI=1S/C17H19F3N5O4PS/c1-10(29-9-30(27,28)7-17(18,19)20)6-25-8-22-13-14(25)23-16(21)24-15(13)31-12-4-2-3-11(26)5-12/h2-5,8,10,26H,6-7,9H2,1H3,(H,27,28)(H2,21,23,24). The number of aromatic hydroxyl groups is 1. The van der Waals surface area contributed by atoms with E-state index in [2.05, 4.69) is 15.0 Å². The van der Waals surface area contributed by atoms with Crippen molar-refractivity contribution in [3.63, 3.8) is 0 Å². The van der Waals surface area contributed by atoms with Gasteiger partial charge in [0.25, 0.3) is 0 Å². The summed E-state index contributed by atoms with van der Waals surface area (Å²) in [5.74, 6) is 0.0713. The van der Waals surface area contributed by atoms with E-state index >= 15 is 0 Å². The Hall–Kier alpha value is -2.34. The van der Waals surface area contributed by atoms with Gasteiger partial charge >= 0.3 is 6.18 Å². The van der Waals surface area contributed by atoms with Gasteiger partial charge in [-0.2, -0.15) is 18.2 Å². The van der Waals surface area contributed by atoms with Crippen molar-refractivity contribution >= 4 is 36.2 Å². The van der Waals surface area contributed by atoms with Gasteiger partial charge in [-0.15, -0.1) is 0 Å². The van der Waals surface area contributed by atoms with Crippen molar-refractivity contribution in [2.24, 2.45) is 0 Å². The predicted molar refractivity (Wildman–Crippen MR) is 108 cm³/mol. The average molecular weight is 477 g/mol. The molecule has 0 fully saturated rings. The number of aromatic nitrogens is 4. The van der Waals surface area contributed by atoms with Gasteiger partial charge in [-0.25, -0.2) is 9.97 Å². The summed E-state index contributed by atoms with van der Waals surface area (Å²) in [6.45, 7) is 1.65. The molecular weight excluding hydrogens is 458 g/mol. The number of anilines is 1. The van der Waals surface area contributed by atoms with Crippen LogP contribution in [0.15, 0.2) is 40.5 Å². The third-order valence-corrected chi connectivity index (χ3v) is 6.30. The van der Waals surface area contributed by atoms with E-state index in [9.17, 15) is 27.7 Å². The van der Waals surface area contributed by atoms with Crippen molar-refractivity contribution in [1.82, 2.24) is 19.5 Å². The summed E-state index contributed by atoms with van der Waals surface area (Å²) >= 11 is 1.22. The zero-order valence-corrected chi connectivity index (χ0v) is 17.9. The van der Waals surface area contributed by atoms with Crippen molar-refractivity contribution in [2.45, 2.75) is 35.7 Å². The summed E-state index contributed by atoms with van der Waals surface area (Å²) in [4.78, 5) is 22.8. The minimum absolute atomic E-state index is 0.0180. The highest BCUT2D eigenvalue weighted by atomic mass is 32.2. The topological polar surface area (TPSA) is 136 Å². The number of nitrogens with zero attached hydrogens (tertiary/aromatic N) is 4. The molecule has 0 saturated heterocycles. The maximum atomic E-state index is 12.4. The summed E-state index contributed by atoms with van der Waals surface area (Å²) in [5, 5.41) is 10.1. The van der Waals surface area contributed by atoms with Crippen LogP contribution in [0.5, 0.6) is 5.75 Å². The highest BCUT2D eigenvalue weighted by Gasteiger charge is 2.38. The lowest BCUT2D eigenvalue weighted by Gasteiger charge is -2.18. The Labute approximate surface area is 178 Å². The van der Waals surface area contributed by atoms with Crippen molar-refractivity contribution < 1.29 is 32.5 Å². The van der Waals surface area contributed by atoms with E-state index in [0.29, 0.717) is 21.1 Å². The van der Waals surface area contributed by atoms with Crippen LogP contribution >= 0.6 is 19.1 Å². The molecule has 0 aliphatic carbocycles. The number of imidazole rings is 1. The number of ether oxygens (including phenoxy) is 1. The molecular formula is C17H19F3N5O4PS. The van der Waals surface area contributed by atoms with E-state index in [4.69, 9.17) is 10.5 Å². The molecule has 9 nitrogen and oxygen atoms in total. The number of benzene rings is 1. The molecule has 31 heavy (non-hydrogen) atoms. The van der Waals surface area contributed by atoms with Crippen LogP contribution in [0.4, 0.5) is 19.1 Å². The number of hydrogen-bond acceptors (Lipinski definition) is 8. The number of phenols is 1. The fraction of sp³-hybridized carbons (Fsp3) is 0.353. The first-order valence-corrected chi connectivity index (χ1v) is 11.7. The Morgan fingerprint density at radius 1 is 1.35 bits per heavy atom. The van der Waals surface area contributed by atoms with E-state index in [1.165, 1.54) is 24.2 Å². The van der Waals surface area contributed by atoms with Gasteiger partial charge in [-0.3, -0.25) is 4.57 Å². The summed E-state index contributed by atoms with van der Waals surface area (Å²) in [7, 11) is -4.51. The van der Waals surface area contributed by atoms with Crippen molar-refractivity contribution in [2.75, 3.05) is 18.2 Å². The van der Waals surface area contributed by atoms with Crippen molar-refractivity contribution in [1.29, 1.82) is 0 Å². The van der Waals surface area contributed by atoms with Gasteiger partial charge in [0.2, 0.25) is 13.3 Å². The minimum Gasteiger partial charge on any atom is -0.508 e. The van der Waals surface area contributed by atoms with Gasteiger partial charge in [-0.1, -0.05) is 17.8 Å². The lowest BCUT2D eigenvalue weighted by molar-refractivity contribution is -0.108. The number of rotatable bonds is 8. The van der Waals surface area contributed by atoms with Gasteiger partial charge in [0.15, 0.2) is 5.65 Å². The second-order valence-corrected chi connectivity index (χ2v) is 10.1. The van der Waals surface area contributed by atoms with Crippen LogP contribution < -0.4 is 5.73 Å². The number of fused-ring (bicyclic) bond motifs is 1. The first-order valence-electron chi connectivity index (χ1n) is 8.86.